The normalized spacial score (nSPS) is 33.1. The van der Waals surface area contributed by atoms with Gasteiger partial charge in [-0.15, -0.1) is 0 Å². The molecule has 3 heteroatoms. The number of carbonyl (C=O) groups excluding carboxylic acids is 2. The van der Waals surface area contributed by atoms with Gasteiger partial charge in [0.25, 0.3) is 0 Å². The van der Waals surface area contributed by atoms with Gasteiger partial charge in [-0.05, 0) is 31.6 Å². The van der Waals surface area contributed by atoms with Gasteiger partial charge < -0.3 is 4.74 Å². The zero-order valence-electron chi connectivity index (χ0n) is 11.0. The molecule has 1 heterocycles. The van der Waals surface area contributed by atoms with Crippen molar-refractivity contribution in [3.8, 4) is 0 Å². The van der Waals surface area contributed by atoms with Crippen molar-refractivity contribution in [2.75, 3.05) is 6.61 Å². The molecule has 1 saturated carbocycles. The van der Waals surface area contributed by atoms with E-state index >= 15 is 0 Å². The Morgan fingerprint density at radius 2 is 2.06 bits per heavy atom. The van der Waals surface area contributed by atoms with E-state index in [1.165, 1.54) is 0 Å². The van der Waals surface area contributed by atoms with Crippen LogP contribution in [0.5, 0.6) is 0 Å². The van der Waals surface area contributed by atoms with Gasteiger partial charge in [0.2, 0.25) is 0 Å². The Hall–Kier alpha value is -0.860. The first-order chi connectivity index (χ1) is 7.95. The molecule has 3 nitrogen and oxygen atoms in total. The van der Waals surface area contributed by atoms with E-state index < -0.39 is 0 Å². The van der Waals surface area contributed by atoms with Gasteiger partial charge in [-0.25, -0.2) is 0 Å². The fourth-order valence-electron chi connectivity index (χ4n) is 2.87. The molecule has 0 N–H and O–H groups in total. The average molecular weight is 238 g/mol. The van der Waals surface area contributed by atoms with Crippen LogP contribution >= 0.6 is 0 Å². The van der Waals surface area contributed by atoms with Crippen molar-refractivity contribution in [2.45, 2.75) is 46.5 Å². The fraction of sp³-hybridized carbons (Fsp3) is 0.857. The van der Waals surface area contributed by atoms with Crippen LogP contribution in [0.15, 0.2) is 0 Å². The molecule has 0 aromatic carbocycles. The van der Waals surface area contributed by atoms with Crippen molar-refractivity contribution in [3.63, 3.8) is 0 Å². The van der Waals surface area contributed by atoms with Crippen LogP contribution in [0.2, 0.25) is 0 Å². The second-order valence-corrected chi connectivity index (χ2v) is 6.09. The van der Waals surface area contributed by atoms with Gasteiger partial charge in [-0.1, -0.05) is 20.8 Å². The molecular formula is C14H22O3. The van der Waals surface area contributed by atoms with E-state index in [9.17, 15) is 9.59 Å². The van der Waals surface area contributed by atoms with E-state index in [1.54, 1.807) is 0 Å². The summed E-state index contributed by atoms with van der Waals surface area (Å²) in [6.45, 7) is 6.67. The SMILES string of the molecule is CCC(C)(C)C(=O)C1CC(C2CCOC2=O)C1. The van der Waals surface area contributed by atoms with Gasteiger partial charge in [-0.2, -0.15) is 0 Å². The Balaban J connectivity index is 1.86. The van der Waals surface area contributed by atoms with Gasteiger partial charge in [0.15, 0.2) is 0 Å². The summed E-state index contributed by atoms with van der Waals surface area (Å²) >= 11 is 0. The molecule has 17 heavy (non-hydrogen) atoms. The molecule has 0 aromatic heterocycles. The fourth-order valence-corrected chi connectivity index (χ4v) is 2.87. The summed E-state index contributed by atoms with van der Waals surface area (Å²) in [6.07, 6.45) is 3.52. The zero-order chi connectivity index (χ0) is 12.6. The molecule has 0 aromatic rings. The lowest BCUT2D eigenvalue weighted by Gasteiger charge is -2.40. The molecule has 2 rings (SSSR count). The largest absolute Gasteiger partial charge is 0.465 e. The molecule has 2 fully saturated rings. The lowest BCUT2D eigenvalue weighted by molar-refractivity contribution is -0.147. The van der Waals surface area contributed by atoms with E-state index in [0.717, 1.165) is 25.7 Å². The Morgan fingerprint density at radius 3 is 2.53 bits per heavy atom. The van der Waals surface area contributed by atoms with Crippen molar-refractivity contribution >= 4 is 11.8 Å². The number of carbonyl (C=O) groups is 2. The maximum absolute atomic E-state index is 12.2. The van der Waals surface area contributed by atoms with Gasteiger partial charge in [0.05, 0.1) is 12.5 Å². The summed E-state index contributed by atoms with van der Waals surface area (Å²) in [5, 5.41) is 0. The van der Waals surface area contributed by atoms with Crippen LogP contribution in [0.4, 0.5) is 0 Å². The zero-order valence-corrected chi connectivity index (χ0v) is 11.0. The number of ketones is 1. The van der Waals surface area contributed by atoms with E-state index in [1.807, 2.05) is 13.8 Å². The minimum atomic E-state index is -0.203. The minimum absolute atomic E-state index is 0.0457. The third-order valence-electron chi connectivity index (χ3n) is 4.64. The molecule has 1 atom stereocenters. The molecule has 1 aliphatic heterocycles. The van der Waals surface area contributed by atoms with Gasteiger partial charge in [0, 0.05) is 11.3 Å². The maximum Gasteiger partial charge on any atom is 0.309 e. The summed E-state index contributed by atoms with van der Waals surface area (Å²) in [5.41, 5.74) is -0.203. The summed E-state index contributed by atoms with van der Waals surface area (Å²) in [6, 6.07) is 0. The second kappa shape index (κ2) is 4.43. The van der Waals surface area contributed by atoms with Gasteiger partial charge in [-0.3, -0.25) is 9.59 Å². The standard InChI is InChI=1S/C14H22O3/c1-4-14(2,3)12(15)10-7-9(8-10)11-5-6-17-13(11)16/h9-11H,4-8H2,1-3H3. The van der Waals surface area contributed by atoms with E-state index in [2.05, 4.69) is 6.92 Å². The predicted octanol–water partition coefficient (Wildman–Crippen LogP) is 2.58. The van der Waals surface area contributed by atoms with Crippen LogP contribution in [0, 0.1) is 23.2 Å². The summed E-state index contributed by atoms with van der Waals surface area (Å²) < 4.78 is 4.98. The van der Waals surface area contributed by atoms with Crippen molar-refractivity contribution in [1.29, 1.82) is 0 Å². The molecular weight excluding hydrogens is 216 g/mol. The second-order valence-electron chi connectivity index (χ2n) is 6.09. The highest BCUT2D eigenvalue weighted by Gasteiger charge is 2.46. The predicted molar refractivity (Wildman–Crippen MR) is 64.4 cm³/mol. The highest BCUT2D eigenvalue weighted by atomic mass is 16.5. The first-order valence-corrected chi connectivity index (χ1v) is 6.66. The Kier molecular flexibility index (Phi) is 3.28. The molecule has 0 radical (unpaired) electrons. The lowest BCUT2D eigenvalue weighted by atomic mass is 9.62. The van der Waals surface area contributed by atoms with Crippen molar-refractivity contribution in [1.82, 2.24) is 0 Å². The molecule has 2 aliphatic rings. The molecule has 0 amide bonds. The van der Waals surface area contributed by atoms with Crippen LogP contribution in [0.25, 0.3) is 0 Å². The smallest absolute Gasteiger partial charge is 0.309 e. The lowest BCUT2D eigenvalue weighted by Crippen LogP contribution is -2.41. The number of cyclic esters (lactones) is 1. The third-order valence-corrected chi connectivity index (χ3v) is 4.64. The first kappa shape index (κ1) is 12.6. The molecule has 0 bridgehead atoms. The number of esters is 1. The Bertz CT molecular complexity index is 326. The minimum Gasteiger partial charge on any atom is -0.465 e. The summed E-state index contributed by atoms with van der Waals surface area (Å²) in [5.74, 6) is 0.983. The topological polar surface area (TPSA) is 43.4 Å². The molecule has 1 saturated heterocycles. The van der Waals surface area contributed by atoms with Crippen LogP contribution in [0.3, 0.4) is 0 Å². The number of rotatable bonds is 4. The molecule has 96 valence electrons. The van der Waals surface area contributed by atoms with Crippen molar-refractivity contribution < 1.29 is 14.3 Å². The van der Waals surface area contributed by atoms with Crippen LogP contribution < -0.4 is 0 Å². The number of hydrogen-bond acceptors (Lipinski definition) is 3. The molecule has 0 spiro atoms. The van der Waals surface area contributed by atoms with Gasteiger partial charge >= 0.3 is 5.97 Å². The average Bonchev–Trinajstić information content (AvgIpc) is 2.63. The Labute approximate surface area is 103 Å². The quantitative estimate of drug-likeness (QED) is 0.707. The summed E-state index contributed by atoms with van der Waals surface area (Å²) in [7, 11) is 0. The monoisotopic (exact) mass is 238 g/mol. The third kappa shape index (κ3) is 2.24. The highest BCUT2D eigenvalue weighted by Crippen LogP contribution is 2.45. The summed E-state index contributed by atoms with van der Waals surface area (Å²) in [4.78, 5) is 23.6. The van der Waals surface area contributed by atoms with Crippen molar-refractivity contribution in [3.05, 3.63) is 0 Å². The highest BCUT2D eigenvalue weighted by molar-refractivity contribution is 5.87. The number of ether oxygens (including phenoxy) is 1. The van der Waals surface area contributed by atoms with Crippen LogP contribution in [0.1, 0.15) is 46.5 Å². The maximum atomic E-state index is 12.2. The van der Waals surface area contributed by atoms with E-state index in [0.29, 0.717) is 18.3 Å². The first-order valence-electron chi connectivity index (χ1n) is 6.66. The number of hydrogen-bond donors (Lipinski definition) is 0. The number of Topliss-reactive ketones (excluding diaryl/α,β-unsaturated/α-hetero) is 1. The van der Waals surface area contributed by atoms with Crippen LogP contribution in [-0.2, 0) is 14.3 Å². The van der Waals surface area contributed by atoms with Gasteiger partial charge in [0.1, 0.15) is 5.78 Å². The molecule has 1 aliphatic carbocycles. The Morgan fingerprint density at radius 1 is 1.41 bits per heavy atom. The van der Waals surface area contributed by atoms with E-state index in [4.69, 9.17) is 4.74 Å². The molecule has 1 unspecified atom stereocenters. The van der Waals surface area contributed by atoms with Crippen molar-refractivity contribution in [2.24, 2.45) is 23.2 Å². The van der Waals surface area contributed by atoms with E-state index in [-0.39, 0.29) is 23.2 Å². The van der Waals surface area contributed by atoms with Crippen LogP contribution in [-0.4, -0.2) is 18.4 Å².